The van der Waals surface area contributed by atoms with E-state index in [1.54, 1.807) is 30.4 Å². The molecule has 22 heavy (non-hydrogen) atoms. The molecule has 0 unspecified atom stereocenters. The van der Waals surface area contributed by atoms with E-state index in [1.165, 1.54) is 6.07 Å². The second kappa shape index (κ2) is 7.09. The van der Waals surface area contributed by atoms with Gasteiger partial charge < -0.3 is 15.2 Å². The van der Waals surface area contributed by atoms with E-state index in [1.807, 2.05) is 24.4 Å². The van der Waals surface area contributed by atoms with Crippen molar-refractivity contribution >= 4 is 23.2 Å². The van der Waals surface area contributed by atoms with Gasteiger partial charge in [-0.3, -0.25) is 4.79 Å². The molecule has 6 heteroatoms. The molecule has 0 fully saturated rings. The van der Waals surface area contributed by atoms with Gasteiger partial charge in [0.1, 0.15) is 5.75 Å². The van der Waals surface area contributed by atoms with Gasteiger partial charge in [0.2, 0.25) is 0 Å². The van der Waals surface area contributed by atoms with Gasteiger partial charge in [-0.1, -0.05) is 12.1 Å². The van der Waals surface area contributed by atoms with Crippen molar-refractivity contribution in [1.29, 1.82) is 0 Å². The van der Waals surface area contributed by atoms with Gasteiger partial charge in [0.25, 0.3) is 5.91 Å². The van der Waals surface area contributed by atoms with Gasteiger partial charge in [0.05, 0.1) is 11.6 Å². The van der Waals surface area contributed by atoms with Crippen molar-refractivity contribution < 1.29 is 19.4 Å². The summed E-state index contributed by atoms with van der Waals surface area (Å²) in [6.07, 6.45) is 0. The number of phenolic OH excluding ortho intramolecular Hbond substituents is 1. The summed E-state index contributed by atoms with van der Waals surface area (Å²) in [5.74, 6) is -0.995. The Morgan fingerprint density at radius 1 is 1.36 bits per heavy atom. The van der Waals surface area contributed by atoms with E-state index in [4.69, 9.17) is 4.74 Å². The quantitative estimate of drug-likeness (QED) is 0.831. The molecule has 0 aliphatic heterocycles. The summed E-state index contributed by atoms with van der Waals surface area (Å²) >= 11 is 1.55. The van der Waals surface area contributed by atoms with Crippen LogP contribution in [0.4, 0.5) is 0 Å². The molecule has 1 aromatic heterocycles. The number of aryl methyl sites for hydroxylation is 1. The highest BCUT2D eigenvalue weighted by Gasteiger charge is 2.14. The first-order valence-electron chi connectivity index (χ1n) is 6.77. The number of hydrogen-bond donors (Lipinski definition) is 2. The summed E-state index contributed by atoms with van der Waals surface area (Å²) in [4.78, 5) is 24.6. The van der Waals surface area contributed by atoms with Crippen molar-refractivity contribution in [2.45, 2.75) is 19.9 Å². The second-order valence-electron chi connectivity index (χ2n) is 4.88. The van der Waals surface area contributed by atoms with E-state index in [2.05, 4.69) is 5.32 Å². The standard InChI is InChI=1S/C16H17NO4S/c1-10-5-6-12(8-13(10)18)16(20)21-9-15(19)17-11(2)14-4-3-7-22-14/h3-8,11,18H,9H2,1-2H3,(H,17,19)/t11-/m0/s1. The van der Waals surface area contributed by atoms with Crippen LogP contribution in [0.3, 0.4) is 0 Å². The summed E-state index contributed by atoms with van der Waals surface area (Å²) in [5.41, 5.74) is 0.876. The third kappa shape index (κ3) is 4.08. The lowest BCUT2D eigenvalue weighted by Crippen LogP contribution is -2.30. The Balaban J connectivity index is 1.85. The molecule has 5 nitrogen and oxygen atoms in total. The fraction of sp³-hybridized carbons (Fsp3) is 0.250. The van der Waals surface area contributed by atoms with Crippen molar-refractivity contribution in [3.8, 4) is 5.75 Å². The van der Waals surface area contributed by atoms with E-state index in [-0.39, 0.29) is 29.9 Å². The minimum absolute atomic E-state index is 0.0187. The lowest BCUT2D eigenvalue weighted by molar-refractivity contribution is -0.124. The average Bonchev–Trinajstić information content (AvgIpc) is 3.02. The summed E-state index contributed by atoms with van der Waals surface area (Å²) in [7, 11) is 0. The molecular formula is C16H17NO4S. The zero-order chi connectivity index (χ0) is 16.1. The maximum Gasteiger partial charge on any atom is 0.338 e. The van der Waals surface area contributed by atoms with Crippen LogP contribution in [0.2, 0.25) is 0 Å². The number of carbonyl (C=O) groups excluding carboxylic acids is 2. The number of phenols is 1. The molecule has 2 rings (SSSR count). The lowest BCUT2D eigenvalue weighted by Gasteiger charge is -2.12. The molecule has 1 atom stereocenters. The molecule has 0 saturated heterocycles. The maximum absolute atomic E-state index is 11.8. The topological polar surface area (TPSA) is 75.6 Å². The normalized spacial score (nSPS) is 11.7. The number of aromatic hydroxyl groups is 1. The Morgan fingerprint density at radius 2 is 2.14 bits per heavy atom. The molecular weight excluding hydrogens is 302 g/mol. The predicted molar refractivity (Wildman–Crippen MR) is 84.0 cm³/mol. The van der Waals surface area contributed by atoms with E-state index in [0.717, 1.165) is 4.88 Å². The Morgan fingerprint density at radius 3 is 2.77 bits per heavy atom. The highest BCUT2D eigenvalue weighted by molar-refractivity contribution is 7.10. The van der Waals surface area contributed by atoms with E-state index < -0.39 is 5.97 Å². The SMILES string of the molecule is Cc1ccc(C(=O)OCC(=O)N[C@@H](C)c2cccs2)cc1O. The Bertz CT molecular complexity index is 667. The molecule has 116 valence electrons. The molecule has 1 aromatic carbocycles. The number of rotatable bonds is 5. The summed E-state index contributed by atoms with van der Waals surface area (Å²) in [6, 6.07) is 8.19. The predicted octanol–water partition coefficient (Wildman–Crippen LogP) is 2.80. The van der Waals surface area contributed by atoms with Gasteiger partial charge in [-0.2, -0.15) is 0 Å². The highest BCUT2D eigenvalue weighted by Crippen LogP contribution is 2.19. The monoisotopic (exact) mass is 319 g/mol. The zero-order valence-electron chi connectivity index (χ0n) is 12.3. The fourth-order valence-corrected chi connectivity index (χ4v) is 2.58. The first kappa shape index (κ1) is 16.0. The van der Waals surface area contributed by atoms with Crippen LogP contribution in [0.1, 0.15) is 33.8 Å². The molecule has 2 N–H and O–H groups in total. The van der Waals surface area contributed by atoms with Crippen molar-refractivity contribution in [3.05, 3.63) is 51.7 Å². The number of amides is 1. The number of esters is 1. The molecule has 2 aromatic rings. The van der Waals surface area contributed by atoms with Crippen LogP contribution in [0.5, 0.6) is 5.75 Å². The van der Waals surface area contributed by atoms with Crippen molar-refractivity contribution in [2.24, 2.45) is 0 Å². The first-order chi connectivity index (χ1) is 10.5. The smallest absolute Gasteiger partial charge is 0.338 e. The number of ether oxygens (including phenoxy) is 1. The van der Waals surface area contributed by atoms with Crippen LogP contribution in [-0.2, 0) is 9.53 Å². The minimum atomic E-state index is -0.644. The van der Waals surface area contributed by atoms with Crippen LogP contribution in [0.25, 0.3) is 0 Å². The van der Waals surface area contributed by atoms with Gasteiger partial charge in [-0.25, -0.2) is 4.79 Å². The number of nitrogens with one attached hydrogen (secondary N) is 1. The van der Waals surface area contributed by atoms with Gasteiger partial charge in [-0.15, -0.1) is 11.3 Å². The van der Waals surface area contributed by atoms with Gasteiger partial charge in [0.15, 0.2) is 6.61 Å². The Labute approximate surface area is 132 Å². The summed E-state index contributed by atoms with van der Waals surface area (Å²) in [6.45, 7) is 3.23. The Kier molecular flexibility index (Phi) is 5.16. The van der Waals surface area contributed by atoms with Gasteiger partial charge in [-0.05, 0) is 43.0 Å². The van der Waals surface area contributed by atoms with Crippen molar-refractivity contribution in [2.75, 3.05) is 6.61 Å². The largest absolute Gasteiger partial charge is 0.508 e. The van der Waals surface area contributed by atoms with Crippen LogP contribution >= 0.6 is 11.3 Å². The third-order valence-corrected chi connectivity index (χ3v) is 4.18. The number of carbonyl (C=O) groups is 2. The van der Waals surface area contributed by atoms with Gasteiger partial charge in [0, 0.05) is 4.88 Å². The van der Waals surface area contributed by atoms with E-state index >= 15 is 0 Å². The molecule has 0 bridgehead atoms. The van der Waals surface area contributed by atoms with Crippen LogP contribution in [0, 0.1) is 6.92 Å². The van der Waals surface area contributed by atoms with E-state index in [0.29, 0.717) is 5.56 Å². The zero-order valence-corrected chi connectivity index (χ0v) is 13.1. The van der Waals surface area contributed by atoms with Crippen molar-refractivity contribution in [1.82, 2.24) is 5.32 Å². The number of benzene rings is 1. The molecule has 0 radical (unpaired) electrons. The average molecular weight is 319 g/mol. The molecule has 0 aliphatic carbocycles. The first-order valence-corrected chi connectivity index (χ1v) is 7.65. The number of hydrogen-bond acceptors (Lipinski definition) is 5. The highest BCUT2D eigenvalue weighted by atomic mass is 32.1. The minimum Gasteiger partial charge on any atom is -0.508 e. The number of thiophene rings is 1. The summed E-state index contributed by atoms with van der Waals surface area (Å²) in [5, 5.41) is 14.3. The lowest BCUT2D eigenvalue weighted by atomic mass is 10.1. The molecule has 0 saturated carbocycles. The van der Waals surface area contributed by atoms with Gasteiger partial charge >= 0.3 is 5.97 Å². The molecule has 0 aliphatic rings. The Hall–Kier alpha value is -2.34. The molecule has 1 amide bonds. The molecule has 0 spiro atoms. The second-order valence-corrected chi connectivity index (χ2v) is 5.86. The van der Waals surface area contributed by atoms with Crippen LogP contribution < -0.4 is 5.32 Å². The fourth-order valence-electron chi connectivity index (χ4n) is 1.84. The van der Waals surface area contributed by atoms with Crippen molar-refractivity contribution in [3.63, 3.8) is 0 Å². The summed E-state index contributed by atoms with van der Waals surface area (Å²) < 4.78 is 4.94. The maximum atomic E-state index is 11.8. The van der Waals surface area contributed by atoms with Crippen LogP contribution in [0.15, 0.2) is 35.7 Å². The molecule has 1 heterocycles. The van der Waals surface area contributed by atoms with E-state index in [9.17, 15) is 14.7 Å². The van der Waals surface area contributed by atoms with Crippen LogP contribution in [-0.4, -0.2) is 23.6 Å². The third-order valence-electron chi connectivity index (χ3n) is 3.13.